The molecule has 7 heteroatoms. The normalized spacial score (nSPS) is 17.0. The maximum Gasteiger partial charge on any atom is 0.0641 e. The predicted octanol–water partition coefficient (Wildman–Crippen LogP) is 4.85. The quantitative estimate of drug-likeness (QED) is 0.755. The van der Waals surface area contributed by atoms with Crippen LogP contribution in [0, 0.1) is 0 Å². The Balaban J connectivity index is 0.00000180. The highest BCUT2D eigenvalue weighted by atomic mass is 35.5. The Kier molecular flexibility index (Phi) is 9.86. The van der Waals surface area contributed by atoms with Gasteiger partial charge in [0.1, 0.15) is 0 Å². The Bertz CT molecular complexity index is 421. The zero-order valence-corrected chi connectivity index (χ0v) is 15.1. The van der Waals surface area contributed by atoms with E-state index in [9.17, 15) is 0 Å². The summed E-state index contributed by atoms with van der Waals surface area (Å²) in [6.07, 6.45) is 0.996. The second-order valence-corrected chi connectivity index (χ2v) is 5.72. The molecule has 0 unspecified atom stereocenters. The molecule has 20 heavy (non-hydrogen) atoms. The van der Waals surface area contributed by atoms with Crippen LogP contribution in [0.2, 0.25) is 15.1 Å². The summed E-state index contributed by atoms with van der Waals surface area (Å²) >= 11 is 18.5. The van der Waals surface area contributed by atoms with E-state index in [1.165, 1.54) is 0 Å². The van der Waals surface area contributed by atoms with E-state index in [0.717, 1.165) is 38.2 Å². The third kappa shape index (κ3) is 4.81. The fraction of sp³-hybridized carbons (Fsp3) is 0.538. The van der Waals surface area contributed by atoms with Gasteiger partial charge in [0.05, 0.1) is 10.0 Å². The molecule has 0 amide bonds. The summed E-state index contributed by atoms with van der Waals surface area (Å²) in [5, 5.41) is 5.17. The molecule has 1 aromatic carbocycles. The van der Waals surface area contributed by atoms with Crippen molar-refractivity contribution in [3.8, 4) is 0 Å². The number of hydrogen-bond donors (Lipinski definition) is 1. The van der Waals surface area contributed by atoms with E-state index in [4.69, 9.17) is 34.8 Å². The molecule has 2 rings (SSSR count). The van der Waals surface area contributed by atoms with Gasteiger partial charge in [0, 0.05) is 37.2 Å². The van der Waals surface area contributed by atoms with Crippen LogP contribution in [0.3, 0.4) is 0 Å². The van der Waals surface area contributed by atoms with Crippen LogP contribution in [0.5, 0.6) is 0 Å². The average molecular weight is 381 g/mol. The van der Waals surface area contributed by atoms with Crippen LogP contribution >= 0.6 is 59.6 Å². The summed E-state index contributed by atoms with van der Waals surface area (Å²) in [5.74, 6) is 0. The zero-order valence-electron chi connectivity index (χ0n) is 11.2. The summed E-state index contributed by atoms with van der Waals surface area (Å²) in [4.78, 5) is 2.43. The van der Waals surface area contributed by atoms with Crippen LogP contribution in [0.15, 0.2) is 12.1 Å². The molecule has 2 nitrogen and oxygen atoms in total. The van der Waals surface area contributed by atoms with Crippen LogP contribution in [0.1, 0.15) is 24.9 Å². The molecule has 116 valence electrons. The van der Waals surface area contributed by atoms with Crippen molar-refractivity contribution in [2.24, 2.45) is 0 Å². The van der Waals surface area contributed by atoms with Gasteiger partial charge in [0.2, 0.25) is 0 Å². The maximum atomic E-state index is 6.33. The lowest BCUT2D eigenvalue weighted by Gasteiger charge is -2.35. The second kappa shape index (κ2) is 9.58. The molecule has 1 N–H and O–H groups in total. The van der Waals surface area contributed by atoms with Gasteiger partial charge in [-0.05, 0) is 24.1 Å². The Labute approximate surface area is 148 Å². The van der Waals surface area contributed by atoms with Crippen molar-refractivity contribution in [1.82, 2.24) is 10.2 Å². The lowest BCUT2D eigenvalue weighted by atomic mass is 10.0. The topological polar surface area (TPSA) is 15.3 Å². The molecule has 0 bridgehead atoms. The first-order chi connectivity index (χ1) is 8.63. The van der Waals surface area contributed by atoms with Crippen LogP contribution in [-0.4, -0.2) is 31.1 Å². The smallest absolute Gasteiger partial charge is 0.0641 e. The number of halogens is 5. The summed E-state index contributed by atoms with van der Waals surface area (Å²) in [7, 11) is 0. The van der Waals surface area contributed by atoms with Crippen molar-refractivity contribution < 1.29 is 0 Å². The summed E-state index contributed by atoms with van der Waals surface area (Å²) < 4.78 is 0. The maximum absolute atomic E-state index is 6.33. The van der Waals surface area contributed by atoms with Crippen LogP contribution in [0.4, 0.5) is 0 Å². The molecule has 1 fully saturated rings. The number of nitrogens with zero attached hydrogens (tertiary/aromatic N) is 1. The summed E-state index contributed by atoms with van der Waals surface area (Å²) in [5.41, 5.74) is 1.04. The van der Waals surface area contributed by atoms with Gasteiger partial charge in [-0.3, -0.25) is 4.90 Å². The first-order valence-electron chi connectivity index (χ1n) is 6.22. The number of rotatable bonds is 3. The minimum Gasteiger partial charge on any atom is -0.314 e. The number of piperazine rings is 1. The van der Waals surface area contributed by atoms with Gasteiger partial charge in [0.25, 0.3) is 0 Å². The van der Waals surface area contributed by atoms with Gasteiger partial charge >= 0.3 is 0 Å². The van der Waals surface area contributed by atoms with Gasteiger partial charge in [-0.1, -0.05) is 41.7 Å². The van der Waals surface area contributed by atoms with E-state index in [1.54, 1.807) is 6.07 Å². The first-order valence-corrected chi connectivity index (χ1v) is 7.36. The van der Waals surface area contributed by atoms with Crippen LogP contribution < -0.4 is 5.32 Å². The zero-order chi connectivity index (χ0) is 13.1. The van der Waals surface area contributed by atoms with E-state index in [2.05, 4.69) is 17.1 Å². The molecule has 0 spiro atoms. The SMILES string of the molecule is CC[C@H](c1cc(Cl)cc(Cl)c1Cl)N1CCNCC1.Cl.Cl. The lowest BCUT2D eigenvalue weighted by molar-refractivity contribution is 0.169. The van der Waals surface area contributed by atoms with Gasteiger partial charge in [0.15, 0.2) is 0 Å². The van der Waals surface area contributed by atoms with E-state index in [0.29, 0.717) is 15.1 Å². The first kappa shape index (κ1) is 20.6. The Morgan fingerprint density at radius 2 is 1.75 bits per heavy atom. The lowest BCUT2D eigenvalue weighted by Crippen LogP contribution is -2.45. The average Bonchev–Trinajstić information content (AvgIpc) is 2.37. The van der Waals surface area contributed by atoms with Crippen molar-refractivity contribution in [2.75, 3.05) is 26.2 Å². The molecule has 1 saturated heterocycles. The minimum atomic E-state index is 0. The van der Waals surface area contributed by atoms with E-state index in [-0.39, 0.29) is 30.9 Å². The predicted molar refractivity (Wildman–Crippen MR) is 93.4 cm³/mol. The minimum absolute atomic E-state index is 0. The number of nitrogens with one attached hydrogen (secondary N) is 1. The second-order valence-electron chi connectivity index (χ2n) is 4.50. The van der Waals surface area contributed by atoms with Crippen LogP contribution in [-0.2, 0) is 0 Å². The highest BCUT2D eigenvalue weighted by Gasteiger charge is 2.23. The molecule has 1 aliphatic rings. The third-order valence-corrected chi connectivity index (χ3v) is 4.39. The van der Waals surface area contributed by atoms with Crippen molar-refractivity contribution >= 4 is 59.6 Å². The van der Waals surface area contributed by atoms with Crippen molar-refractivity contribution in [3.63, 3.8) is 0 Å². The standard InChI is InChI=1S/C13H17Cl3N2.2ClH/c1-2-12(18-5-3-17-4-6-18)10-7-9(14)8-11(15)13(10)16;;/h7-8,12,17H,2-6H2,1H3;2*1H/t12-;;/m1../s1. The molecular weight excluding hydrogens is 361 g/mol. The molecule has 0 radical (unpaired) electrons. The molecule has 0 aliphatic carbocycles. The van der Waals surface area contributed by atoms with E-state index < -0.39 is 0 Å². The van der Waals surface area contributed by atoms with E-state index in [1.807, 2.05) is 6.07 Å². The van der Waals surface area contributed by atoms with Gasteiger partial charge in [-0.25, -0.2) is 0 Å². The third-order valence-electron chi connectivity index (χ3n) is 3.36. The van der Waals surface area contributed by atoms with Gasteiger partial charge in [-0.2, -0.15) is 0 Å². The largest absolute Gasteiger partial charge is 0.314 e. The molecule has 0 saturated carbocycles. The summed E-state index contributed by atoms with van der Waals surface area (Å²) in [6, 6.07) is 3.92. The number of hydrogen-bond acceptors (Lipinski definition) is 2. The fourth-order valence-electron chi connectivity index (χ4n) is 2.49. The van der Waals surface area contributed by atoms with Gasteiger partial charge < -0.3 is 5.32 Å². The van der Waals surface area contributed by atoms with Crippen LogP contribution in [0.25, 0.3) is 0 Å². The molecule has 1 heterocycles. The Morgan fingerprint density at radius 1 is 1.15 bits per heavy atom. The number of benzene rings is 1. The van der Waals surface area contributed by atoms with Crippen molar-refractivity contribution in [1.29, 1.82) is 0 Å². The Hall–Kier alpha value is 0.590. The molecule has 1 aliphatic heterocycles. The highest BCUT2D eigenvalue weighted by molar-refractivity contribution is 6.43. The monoisotopic (exact) mass is 378 g/mol. The molecule has 1 aromatic rings. The molecule has 1 atom stereocenters. The Morgan fingerprint density at radius 3 is 2.30 bits per heavy atom. The molecule has 0 aromatic heterocycles. The van der Waals surface area contributed by atoms with Gasteiger partial charge in [-0.15, -0.1) is 24.8 Å². The van der Waals surface area contributed by atoms with Crippen molar-refractivity contribution in [3.05, 3.63) is 32.8 Å². The fourth-order valence-corrected chi connectivity index (χ4v) is 3.23. The highest BCUT2D eigenvalue weighted by Crippen LogP contribution is 2.37. The van der Waals surface area contributed by atoms with Crippen molar-refractivity contribution in [2.45, 2.75) is 19.4 Å². The van der Waals surface area contributed by atoms with E-state index >= 15 is 0 Å². The molecular formula is C13H19Cl5N2. The summed E-state index contributed by atoms with van der Waals surface area (Å²) in [6.45, 7) is 6.25.